The highest BCUT2D eigenvalue weighted by Crippen LogP contribution is 2.35. The van der Waals surface area contributed by atoms with E-state index in [1.54, 1.807) is 12.1 Å². The van der Waals surface area contributed by atoms with Crippen LogP contribution in [0.3, 0.4) is 0 Å². The van der Waals surface area contributed by atoms with E-state index in [-0.39, 0.29) is 28.3 Å². The lowest BCUT2D eigenvalue weighted by Gasteiger charge is -2.12. The fraction of sp³-hybridized carbons (Fsp3) is 0.0833. The molecule has 7 heteroatoms. The average molecular weight is 430 g/mol. The molecule has 4 rings (SSSR count). The lowest BCUT2D eigenvalue weighted by molar-refractivity contribution is -0.123. The van der Waals surface area contributed by atoms with Crippen LogP contribution in [0.25, 0.3) is 6.08 Å². The lowest BCUT2D eigenvalue weighted by atomic mass is 10.1. The van der Waals surface area contributed by atoms with Crippen molar-refractivity contribution < 1.29 is 14.7 Å². The summed E-state index contributed by atoms with van der Waals surface area (Å²) in [4.78, 5) is 26.7. The maximum atomic E-state index is 12.8. The molecule has 6 nitrogen and oxygen atoms in total. The molecule has 1 N–H and O–H groups in total. The number of nitrogens with zero attached hydrogens (tertiary/aromatic N) is 3. The molecule has 0 aromatic heterocycles. The number of rotatable bonds is 5. The van der Waals surface area contributed by atoms with Crippen molar-refractivity contribution in [2.24, 2.45) is 10.2 Å². The quantitative estimate of drug-likeness (QED) is 0.378. The second-order valence-corrected chi connectivity index (χ2v) is 8.03. The van der Waals surface area contributed by atoms with Crippen molar-refractivity contribution in [2.75, 3.05) is 0 Å². The Kier molecular flexibility index (Phi) is 5.95. The molecule has 0 aliphatic carbocycles. The van der Waals surface area contributed by atoms with Crippen LogP contribution in [-0.2, 0) is 11.3 Å². The van der Waals surface area contributed by atoms with Gasteiger partial charge in [-0.05, 0) is 60.7 Å². The van der Waals surface area contributed by atoms with Crippen LogP contribution in [0.15, 0.2) is 87.9 Å². The van der Waals surface area contributed by atoms with Crippen molar-refractivity contribution in [3.05, 3.63) is 94.4 Å². The third-order valence-electron chi connectivity index (χ3n) is 4.63. The zero-order chi connectivity index (χ0) is 21.8. The number of phenols is 1. The fourth-order valence-corrected chi connectivity index (χ4v) is 3.93. The van der Waals surface area contributed by atoms with Gasteiger partial charge in [-0.3, -0.25) is 14.5 Å². The van der Waals surface area contributed by atoms with Gasteiger partial charge in [-0.2, -0.15) is 10.2 Å². The first-order valence-electron chi connectivity index (χ1n) is 9.60. The molecule has 1 heterocycles. The molecule has 154 valence electrons. The Balaban J connectivity index is 1.56. The molecular formula is C24H19N3O3S. The van der Waals surface area contributed by atoms with E-state index >= 15 is 0 Å². The number of azo groups is 1. The van der Waals surface area contributed by atoms with Crippen molar-refractivity contribution in [2.45, 2.75) is 13.5 Å². The van der Waals surface area contributed by atoms with Gasteiger partial charge >= 0.3 is 0 Å². The van der Waals surface area contributed by atoms with E-state index in [0.717, 1.165) is 22.9 Å². The molecule has 3 aromatic carbocycles. The van der Waals surface area contributed by atoms with Gasteiger partial charge in [-0.15, -0.1) is 0 Å². The summed E-state index contributed by atoms with van der Waals surface area (Å²) < 4.78 is 0. The second-order valence-electron chi connectivity index (χ2n) is 7.04. The van der Waals surface area contributed by atoms with Crippen LogP contribution < -0.4 is 0 Å². The number of phenolic OH excluding ortho intramolecular Hbond substituents is 1. The Labute approximate surface area is 183 Å². The number of aromatic hydroxyl groups is 1. The van der Waals surface area contributed by atoms with Gasteiger partial charge in [-0.25, -0.2) is 0 Å². The van der Waals surface area contributed by atoms with Crippen LogP contribution in [0.5, 0.6) is 5.75 Å². The number of carbonyl (C=O) groups is 2. The molecule has 0 atom stereocenters. The van der Waals surface area contributed by atoms with Gasteiger partial charge in [0.25, 0.3) is 11.1 Å². The van der Waals surface area contributed by atoms with Crippen molar-refractivity contribution in [1.82, 2.24) is 4.90 Å². The van der Waals surface area contributed by atoms with Crippen LogP contribution in [0.1, 0.15) is 16.7 Å². The van der Waals surface area contributed by atoms with Crippen molar-refractivity contribution in [1.29, 1.82) is 0 Å². The molecule has 3 aromatic rings. The standard InChI is InChI=1S/C24H19N3O3S/c1-16-6-5-7-17(12-16)15-27-23(29)22(31-24(27)30)14-18-13-20(10-11-21(18)28)26-25-19-8-3-2-4-9-19/h2-14,28H,15H2,1H3/b22-14-,26-25?. The maximum absolute atomic E-state index is 12.8. The molecule has 1 saturated heterocycles. The summed E-state index contributed by atoms with van der Waals surface area (Å²) in [5, 5.41) is 18.2. The molecule has 2 amide bonds. The number of hydrogen-bond donors (Lipinski definition) is 1. The third-order valence-corrected chi connectivity index (χ3v) is 5.54. The molecule has 0 saturated carbocycles. The third kappa shape index (κ3) is 4.90. The van der Waals surface area contributed by atoms with E-state index in [1.165, 1.54) is 17.0 Å². The van der Waals surface area contributed by atoms with Crippen LogP contribution in [0, 0.1) is 6.92 Å². The summed E-state index contributed by atoms with van der Waals surface area (Å²) in [6.07, 6.45) is 1.51. The monoisotopic (exact) mass is 429 g/mol. The highest BCUT2D eigenvalue weighted by Gasteiger charge is 2.35. The molecular weight excluding hydrogens is 410 g/mol. The molecule has 0 bridgehead atoms. The normalized spacial score (nSPS) is 15.4. The van der Waals surface area contributed by atoms with Gasteiger partial charge in [0, 0.05) is 5.56 Å². The Morgan fingerprint density at radius 1 is 0.935 bits per heavy atom. The van der Waals surface area contributed by atoms with Crippen LogP contribution in [0.2, 0.25) is 0 Å². The Morgan fingerprint density at radius 3 is 2.48 bits per heavy atom. The van der Waals surface area contributed by atoms with Crippen molar-refractivity contribution >= 4 is 40.4 Å². The van der Waals surface area contributed by atoms with E-state index in [1.807, 2.05) is 61.5 Å². The minimum Gasteiger partial charge on any atom is -0.507 e. The number of imide groups is 1. The van der Waals surface area contributed by atoms with Crippen LogP contribution in [-0.4, -0.2) is 21.2 Å². The topological polar surface area (TPSA) is 82.3 Å². The minimum atomic E-state index is -0.382. The first kappa shape index (κ1) is 20.6. The highest BCUT2D eigenvalue weighted by molar-refractivity contribution is 8.18. The molecule has 1 aliphatic rings. The SMILES string of the molecule is Cc1cccc(CN2C(=O)S/C(=C\c3cc(N=Nc4ccccc4)ccc3O)C2=O)c1. The predicted molar refractivity (Wildman–Crippen MR) is 121 cm³/mol. The van der Waals surface area contributed by atoms with Gasteiger partial charge in [-0.1, -0.05) is 48.0 Å². The van der Waals surface area contributed by atoms with Gasteiger partial charge < -0.3 is 5.11 Å². The smallest absolute Gasteiger partial charge is 0.293 e. The average Bonchev–Trinajstić information content (AvgIpc) is 3.02. The van der Waals surface area contributed by atoms with Gasteiger partial charge in [0.15, 0.2) is 0 Å². The zero-order valence-corrected chi connectivity index (χ0v) is 17.5. The minimum absolute atomic E-state index is 0.0101. The molecule has 31 heavy (non-hydrogen) atoms. The number of benzene rings is 3. The molecule has 0 radical (unpaired) electrons. The summed E-state index contributed by atoms with van der Waals surface area (Å²) in [6.45, 7) is 2.17. The second kappa shape index (κ2) is 8.97. The van der Waals surface area contributed by atoms with Gasteiger partial charge in [0.2, 0.25) is 0 Å². The van der Waals surface area contributed by atoms with Crippen molar-refractivity contribution in [3.63, 3.8) is 0 Å². The summed E-state index contributed by atoms with van der Waals surface area (Å²) in [6, 6.07) is 21.7. The van der Waals surface area contributed by atoms with E-state index in [4.69, 9.17) is 0 Å². The molecule has 0 spiro atoms. The summed E-state index contributed by atoms with van der Waals surface area (Å²) >= 11 is 0.858. The molecule has 1 aliphatic heterocycles. The number of hydrogen-bond acceptors (Lipinski definition) is 6. The van der Waals surface area contributed by atoms with E-state index in [9.17, 15) is 14.7 Å². The first-order valence-corrected chi connectivity index (χ1v) is 10.4. The summed E-state index contributed by atoms with van der Waals surface area (Å²) in [5.74, 6) is -0.392. The first-order chi connectivity index (χ1) is 15.0. The largest absolute Gasteiger partial charge is 0.507 e. The highest BCUT2D eigenvalue weighted by atomic mass is 32.2. The Morgan fingerprint density at radius 2 is 1.71 bits per heavy atom. The lowest BCUT2D eigenvalue weighted by Crippen LogP contribution is -2.27. The number of carbonyl (C=O) groups excluding carboxylic acids is 2. The number of thioether (sulfide) groups is 1. The molecule has 0 unspecified atom stereocenters. The fourth-order valence-electron chi connectivity index (χ4n) is 3.10. The number of aryl methyl sites for hydroxylation is 1. The van der Waals surface area contributed by atoms with E-state index in [2.05, 4.69) is 10.2 Å². The zero-order valence-electron chi connectivity index (χ0n) is 16.7. The summed E-state index contributed by atoms with van der Waals surface area (Å²) in [7, 11) is 0. The summed E-state index contributed by atoms with van der Waals surface area (Å²) in [5.41, 5.74) is 3.56. The van der Waals surface area contributed by atoms with Crippen LogP contribution in [0.4, 0.5) is 16.2 Å². The van der Waals surface area contributed by atoms with Gasteiger partial charge in [0.05, 0.1) is 22.8 Å². The Bertz CT molecular complexity index is 1210. The van der Waals surface area contributed by atoms with Crippen LogP contribution >= 0.6 is 11.8 Å². The van der Waals surface area contributed by atoms with Crippen molar-refractivity contribution in [3.8, 4) is 5.75 Å². The van der Waals surface area contributed by atoms with E-state index < -0.39 is 0 Å². The molecule has 1 fully saturated rings. The maximum Gasteiger partial charge on any atom is 0.293 e. The number of amides is 2. The van der Waals surface area contributed by atoms with Gasteiger partial charge in [0.1, 0.15) is 5.75 Å². The van der Waals surface area contributed by atoms with E-state index in [0.29, 0.717) is 16.9 Å². The predicted octanol–water partition coefficient (Wildman–Crippen LogP) is 6.35. The Hall–Kier alpha value is -3.71.